The zero-order valence-corrected chi connectivity index (χ0v) is 17.4. The van der Waals surface area contributed by atoms with E-state index in [1.165, 1.54) is 0 Å². The van der Waals surface area contributed by atoms with Crippen LogP contribution < -0.4 is 10.2 Å². The van der Waals surface area contributed by atoms with Gasteiger partial charge in [-0.2, -0.15) is 5.10 Å². The largest absolute Gasteiger partial charge is 0.375 e. The van der Waals surface area contributed by atoms with Gasteiger partial charge in [-0.15, -0.1) is 0 Å². The van der Waals surface area contributed by atoms with Gasteiger partial charge in [0.2, 0.25) is 0 Å². The van der Waals surface area contributed by atoms with E-state index in [-0.39, 0.29) is 12.0 Å². The van der Waals surface area contributed by atoms with Crippen molar-refractivity contribution in [3.05, 3.63) is 71.7 Å². The lowest BCUT2D eigenvalue weighted by molar-refractivity contribution is 0.0529. The highest BCUT2D eigenvalue weighted by molar-refractivity contribution is 5.95. The second kappa shape index (κ2) is 9.09. The average Bonchev–Trinajstić information content (AvgIpc) is 3.23. The second-order valence-corrected chi connectivity index (χ2v) is 7.44. The molecule has 1 aliphatic rings. The Hall–Kier alpha value is -3.19. The molecule has 1 aromatic carbocycles. The molecular formula is C23H27N5O2. The van der Waals surface area contributed by atoms with Crippen LogP contribution in [0.3, 0.4) is 0 Å². The summed E-state index contributed by atoms with van der Waals surface area (Å²) in [6, 6.07) is 13.9. The third-order valence-corrected chi connectivity index (χ3v) is 5.28. The Morgan fingerprint density at radius 2 is 2.03 bits per heavy atom. The van der Waals surface area contributed by atoms with E-state index in [0.717, 1.165) is 42.5 Å². The molecule has 4 rings (SSSR count). The van der Waals surface area contributed by atoms with Crippen LogP contribution in [0.2, 0.25) is 0 Å². The van der Waals surface area contributed by atoms with E-state index in [2.05, 4.69) is 27.2 Å². The van der Waals surface area contributed by atoms with Crippen molar-refractivity contribution in [2.45, 2.75) is 32.9 Å². The highest BCUT2D eigenvalue weighted by atomic mass is 16.5. The number of carbonyl (C=O) groups excluding carboxylic acids is 1. The summed E-state index contributed by atoms with van der Waals surface area (Å²) in [6.45, 7) is 6.93. The molecule has 0 spiro atoms. The van der Waals surface area contributed by atoms with Crippen molar-refractivity contribution in [2.24, 2.45) is 0 Å². The Morgan fingerprint density at radius 3 is 2.73 bits per heavy atom. The van der Waals surface area contributed by atoms with E-state index >= 15 is 0 Å². The van der Waals surface area contributed by atoms with Crippen LogP contribution in [0.25, 0.3) is 5.69 Å². The van der Waals surface area contributed by atoms with E-state index in [4.69, 9.17) is 4.74 Å². The van der Waals surface area contributed by atoms with E-state index in [0.29, 0.717) is 18.5 Å². The third kappa shape index (κ3) is 4.36. The predicted molar refractivity (Wildman–Crippen MR) is 116 cm³/mol. The molecule has 0 radical (unpaired) electrons. The Morgan fingerprint density at radius 1 is 1.20 bits per heavy atom. The van der Waals surface area contributed by atoms with Crippen LogP contribution in [-0.2, 0) is 17.7 Å². The molecule has 0 saturated carbocycles. The minimum Gasteiger partial charge on any atom is -0.375 e. The van der Waals surface area contributed by atoms with Gasteiger partial charge < -0.3 is 15.0 Å². The quantitative estimate of drug-likeness (QED) is 0.683. The Bertz CT molecular complexity index is 985. The van der Waals surface area contributed by atoms with Gasteiger partial charge in [0.15, 0.2) is 0 Å². The number of hydrogen-bond acceptors (Lipinski definition) is 5. The number of amides is 1. The molecule has 1 amide bonds. The summed E-state index contributed by atoms with van der Waals surface area (Å²) >= 11 is 0. The average molecular weight is 406 g/mol. The monoisotopic (exact) mass is 405 g/mol. The highest BCUT2D eigenvalue weighted by Gasteiger charge is 2.19. The summed E-state index contributed by atoms with van der Waals surface area (Å²) in [6.07, 6.45) is 4.39. The van der Waals surface area contributed by atoms with Crippen LogP contribution in [0.15, 0.2) is 54.9 Å². The van der Waals surface area contributed by atoms with Gasteiger partial charge in [0.1, 0.15) is 5.82 Å². The molecule has 1 unspecified atom stereocenters. The summed E-state index contributed by atoms with van der Waals surface area (Å²) in [7, 11) is 0. The van der Waals surface area contributed by atoms with E-state index in [9.17, 15) is 4.79 Å². The van der Waals surface area contributed by atoms with Gasteiger partial charge >= 0.3 is 0 Å². The maximum Gasteiger partial charge on any atom is 0.255 e. The summed E-state index contributed by atoms with van der Waals surface area (Å²) in [5, 5.41) is 7.43. The molecule has 2 aromatic heterocycles. The normalized spacial score (nSPS) is 16.5. The van der Waals surface area contributed by atoms with Crippen molar-refractivity contribution in [3.8, 4) is 5.69 Å². The first kappa shape index (κ1) is 20.1. The van der Waals surface area contributed by atoms with Gasteiger partial charge in [0, 0.05) is 25.8 Å². The number of carbonyl (C=O) groups is 1. The molecule has 156 valence electrons. The molecule has 1 saturated heterocycles. The van der Waals surface area contributed by atoms with Crippen molar-refractivity contribution in [2.75, 3.05) is 24.6 Å². The lowest BCUT2D eigenvalue weighted by Crippen LogP contribution is -2.41. The molecule has 1 N–H and O–H groups in total. The maximum atomic E-state index is 12.8. The number of morpholine rings is 1. The van der Waals surface area contributed by atoms with Crippen molar-refractivity contribution in [1.29, 1.82) is 0 Å². The van der Waals surface area contributed by atoms with E-state index in [1.54, 1.807) is 6.20 Å². The molecule has 7 nitrogen and oxygen atoms in total. The Labute approximate surface area is 176 Å². The van der Waals surface area contributed by atoms with Crippen LogP contribution in [0, 0.1) is 0 Å². The minimum atomic E-state index is -0.125. The van der Waals surface area contributed by atoms with Gasteiger partial charge in [-0.05, 0) is 37.1 Å². The fourth-order valence-electron chi connectivity index (χ4n) is 3.71. The van der Waals surface area contributed by atoms with Gasteiger partial charge in [-0.3, -0.25) is 4.79 Å². The second-order valence-electron chi connectivity index (χ2n) is 7.44. The molecule has 1 fully saturated rings. The number of benzene rings is 1. The van der Waals surface area contributed by atoms with E-state index < -0.39 is 0 Å². The minimum absolute atomic E-state index is 0.125. The topological polar surface area (TPSA) is 72.3 Å². The first-order chi connectivity index (χ1) is 14.7. The fourth-order valence-corrected chi connectivity index (χ4v) is 3.71. The number of nitrogens with zero attached hydrogens (tertiary/aromatic N) is 4. The molecule has 0 bridgehead atoms. The number of rotatable bonds is 6. The lowest BCUT2D eigenvalue weighted by Gasteiger charge is -2.32. The summed E-state index contributed by atoms with van der Waals surface area (Å²) in [5.74, 6) is 0.817. The van der Waals surface area contributed by atoms with Gasteiger partial charge in [-0.1, -0.05) is 31.2 Å². The highest BCUT2D eigenvalue weighted by Crippen LogP contribution is 2.17. The molecular weight excluding hydrogens is 378 g/mol. The molecule has 3 aromatic rings. The third-order valence-electron chi connectivity index (χ3n) is 5.28. The zero-order valence-electron chi connectivity index (χ0n) is 17.4. The van der Waals surface area contributed by atoms with Crippen LogP contribution >= 0.6 is 0 Å². The fraction of sp³-hybridized carbons (Fsp3) is 0.348. The Kier molecular flexibility index (Phi) is 6.09. The standard InChI is InChI=1S/C23H27N5O2/c1-3-21-20(15-26-28(21)19-7-5-4-6-8-19)23(29)25-14-18-9-10-22(24-13-18)27-11-12-30-17(2)16-27/h4-10,13,15,17H,3,11-12,14,16H2,1-2H3,(H,25,29). The van der Waals surface area contributed by atoms with Crippen LogP contribution in [0.4, 0.5) is 5.82 Å². The number of pyridine rings is 1. The van der Waals surface area contributed by atoms with Crippen LogP contribution in [-0.4, -0.2) is 46.5 Å². The van der Waals surface area contributed by atoms with Gasteiger partial charge in [0.05, 0.1) is 35.9 Å². The molecule has 3 heterocycles. The molecule has 1 aliphatic heterocycles. The number of para-hydroxylation sites is 1. The van der Waals surface area contributed by atoms with Crippen molar-refractivity contribution in [1.82, 2.24) is 20.1 Å². The molecule has 30 heavy (non-hydrogen) atoms. The summed E-state index contributed by atoms with van der Waals surface area (Å²) < 4.78 is 7.41. The SMILES string of the molecule is CCc1c(C(=O)NCc2ccc(N3CCOC(C)C3)nc2)cnn1-c1ccccc1. The molecule has 7 heteroatoms. The Balaban J connectivity index is 1.41. The number of anilines is 1. The lowest BCUT2D eigenvalue weighted by atomic mass is 10.1. The number of hydrogen-bond donors (Lipinski definition) is 1. The first-order valence-corrected chi connectivity index (χ1v) is 10.4. The van der Waals surface area contributed by atoms with Crippen LogP contribution in [0.5, 0.6) is 0 Å². The van der Waals surface area contributed by atoms with Crippen LogP contribution in [0.1, 0.15) is 35.5 Å². The van der Waals surface area contributed by atoms with Gasteiger partial charge in [-0.25, -0.2) is 9.67 Å². The summed E-state index contributed by atoms with van der Waals surface area (Å²) in [5.41, 5.74) is 3.41. The zero-order chi connectivity index (χ0) is 20.9. The number of nitrogens with one attached hydrogen (secondary N) is 1. The van der Waals surface area contributed by atoms with Crippen molar-refractivity contribution < 1.29 is 9.53 Å². The molecule has 1 atom stereocenters. The predicted octanol–water partition coefficient (Wildman–Crippen LogP) is 2.98. The smallest absolute Gasteiger partial charge is 0.255 e. The first-order valence-electron chi connectivity index (χ1n) is 10.4. The summed E-state index contributed by atoms with van der Waals surface area (Å²) in [4.78, 5) is 19.6. The van der Waals surface area contributed by atoms with Crippen molar-refractivity contribution >= 4 is 11.7 Å². The number of ether oxygens (including phenoxy) is 1. The van der Waals surface area contributed by atoms with E-state index in [1.807, 2.05) is 60.3 Å². The van der Waals surface area contributed by atoms with Crippen molar-refractivity contribution in [3.63, 3.8) is 0 Å². The maximum absolute atomic E-state index is 12.8. The molecule has 0 aliphatic carbocycles. The van der Waals surface area contributed by atoms with Gasteiger partial charge in [0.25, 0.3) is 5.91 Å². The number of aromatic nitrogens is 3.